The van der Waals surface area contributed by atoms with E-state index in [1.54, 1.807) is 0 Å². The Kier molecular flexibility index (Phi) is 16.0. The molecule has 0 saturated carbocycles. The molecule has 0 aromatic heterocycles. The van der Waals surface area contributed by atoms with Gasteiger partial charge in [0.1, 0.15) is 0 Å². The van der Waals surface area contributed by atoms with Crippen molar-refractivity contribution < 1.29 is 0 Å². The zero-order valence-electron chi connectivity index (χ0n) is 49.6. The van der Waals surface area contributed by atoms with Crippen LogP contribution in [-0.2, 0) is 43.9 Å². The predicted molar refractivity (Wildman–Crippen MR) is 331 cm³/mol. The van der Waals surface area contributed by atoms with Gasteiger partial charge in [0.25, 0.3) is 0 Å². The van der Waals surface area contributed by atoms with E-state index in [1.165, 1.54) is 167 Å². The maximum Gasteiger partial charge on any atom is 0.0423 e. The summed E-state index contributed by atoms with van der Waals surface area (Å²) in [4.78, 5) is 0. The van der Waals surface area contributed by atoms with Gasteiger partial charge in [-0.05, 0) is 283 Å². The molecule has 0 aliphatic heterocycles. The molecule has 9 rings (SSSR count). The molecule has 392 valence electrons. The first kappa shape index (κ1) is 54.8. The highest BCUT2D eigenvalue weighted by atomic mass is 14.4. The minimum absolute atomic E-state index is 0.578. The van der Waals surface area contributed by atoms with Crippen molar-refractivity contribution in [3.8, 4) is 0 Å². The lowest BCUT2D eigenvalue weighted by Crippen LogP contribution is -2.28. The molecule has 0 atom stereocenters. The van der Waals surface area contributed by atoms with Crippen molar-refractivity contribution in [2.24, 2.45) is 0 Å². The molecule has 9 aromatic carbocycles. The maximum atomic E-state index is 2.63. The van der Waals surface area contributed by atoms with Crippen LogP contribution in [0.3, 0.4) is 0 Å². The molecule has 9 aromatic rings. The van der Waals surface area contributed by atoms with E-state index in [4.69, 9.17) is 0 Å². The van der Waals surface area contributed by atoms with E-state index >= 15 is 0 Å². The largest absolute Gasteiger partial charge is 0.0590 e. The summed E-state index contributed by atoms with van der Waals surface area (Å²) in [7, 11) is 0. The fourth-order valence-electron chi connectivity index (χ4n) is 12.5. The van der Waals surface area contributed by atoms with Gasteiger partial charge < -0.3 is 0 Å². The van der Waals surface area contributed by atoms with Crippen LogP contribution in [-0.4, -0.2) is 0 Å². The summed E-state index contributed by atoms with van der Waals surface area (Å²) in [5.74, 6) is 0. The summed E-state index contributed by atoms with van der Waals surface area (Å²) in [5.41, 5.74) is 40.3. The number of rotatable bonds is 15. The van der Waals surface area contributed by atoms with Gasteiger partial charge in [0.05, 0.1) is 0 Å². The lowest BCUT2D eigenvalue weighted by Gasteiger charge is -2.36. The third kappa shape index (κ3) is 11.9. The highest BCUT2D eigenvalue weighted by Crippen LogP contribution is 2.45. The van der Waals surface area contributed by atoms with Crippen molar-refractivity contribution in [1.29, 1.82) is 0 Å². The molecule has 77 heavy (non-hydrogen) atoms. The van der Waals surface area contributed by atoms with Gasteiger partial charge in [0, 0.05) is 5.41 Å². The second-order valence-electron chi connectivity index (χ2n) is 24.0. The highest BCUT2D eigenvalue weighted by Gasteiger charge is 2.35. The summed E-state index contributed by atoms with van der Waals surface area (Å²) in [5, 5.41) is 0. The van der Waals surface area contributed by atoms with Crippen LogP contribution >= 0.6 is 0 Å². The molecule has 0 spiro atoms. The molecule has 0 unspecified atom stereocenters. The van der Waals surface area contributed by atoms with Gasteiger partial charge in [0.2, 0.25) is 0 Å². The Labute approximate surface area is 464 Å². The van der Waals surface area contributed by atoms with Crippen LogP contribution in [0.5, 0.6) is 0 Å². The molecule has 0 aliphatic rings. The van der Waals surface area contributed by atoms with Gasteiger partial charge >= 0.3 is 0 Å². The summed E-state index contributed by atoms with van der Waals surface area (Å²) < 4.78 is 0. The average molecular weight is 1010 g/mol. The van der Waals surface area contributed by atoms with Crippen molar-refractivity contribution in [3.05, 3.63) is 312 Å². The number of aryl methyl sites for hydroxylation is 12. The number of hydrogen-bond donors (Lipinski definition) is 0. The van der Waals surface area contributed by atoms with E-state index in [0.717, 1.165) is 38.5 Å². The van der Waals surface area contributed by atoms with E-state index in [0.29, 0.717) is 0 Å². The molecule has 0 heteroatoms. The second-order valence-corrected chi connectivity index (χ2v) is 24.0. The molecule has 0 heterocycles. The molecule has 0 aliphatic carbocycles. The average Bonchev–Trinajstić information content (AvgIpc) is 3.44. The smallest absolute Gasteiger partial charge is 0.0423 e. The third-order valence-electron chi connectivity index (χ3n) is 17.9. The Morgan fingerprint density at radius 3 is 0.506 bits per heavy atom. The van der Waals surface area contributed by atoms with Crippen molar-refractivity contribution in [2.75, 3.05) is 0 Å². The summed E-state index contributed by atoms with van der Waals surface area (Å²) in [6.45, 7) is 36.8. The van der Waals surface area contributed by atoms with Gasteiger partial charge in [-0.1, -0.05) is 179 Å². The van der Waals surface area contributed by atoms with Crippen LogP contribution in [0.15, 0.2) is 146 Å². The van der Waals surface area contributed by atoms with Gasteiger partial charge in [-0.25, -0.2) is 0 Å². The van der Waals surface area contributed by atoms with Crippen LogP contribution in [0.25, 0.3) is 0 Å². The molecular weight excluding hydrogens is 925 g/mol. The topological polar surface area (TPSA) is 0 Å². The maximum absolute atomic E-state index is 2.63. The molecule has 0 radical (unpaired) electrons. The fourth-order valence-corrected chi connectivity index (χ4v) is 12.5. The Morgan fingerprint density at radius 2 is 0.364 bits per heavy atom. The van der Waals surface area contributed by atoms with Crippen molar-refractivity contribution in [2.45, 2.75) is 155 Å². The van der Waals surface area contributed by atoms with E-state index in [1.807, 2.05) is 0 Å². The van der Waals surface area contributed by atoms with E-state index in [-0.39, 0.29) is 0 Å². The minimum Gasteiger partial charge on any atom is -0.0590 e. The standard InChI is InChI=1S/C77H84/c1-47-17-23-62(53(7)29-47)35-68-41-74(42-69(59(68)13)36-63-24-18-48(2)30-54(63)8)77(16,75-43-70(37-64-25-19-49(3)31-55(64)9)60(14)71(44-75)38-65-26-20-50(4)32-56(65)10)76-45-72(39-66-27-21-51(5)33-57(66)11)61(15)73(46-76)40-67-28-22-52(6)34-58(67)12/h17-34,41-46H,35-40H2,1-16H3. The lowest BCUT2D eigenvalue weighted by atomic mass is 9.67. The lowest BCUT2D eigenvalue weighted by molar-refractivity contribution is 0.682. The Bertz CT molecular complexity index is 3090. The van der Waals surface area contributed by atoms with Gasteiger partial charge in [-0.2, -0.15) is 0 Å². The van der Waals surface area contributed by atoms with Crippen molar-refractivity contribution >= 4 is 0 Å². The molecule has 0 fully saturated rings. The normalized spacial score (nSPS) is 11.7. The summed E-state index contributed by atoms with van der Waals surface area (Å²) >= 11 is 0. The Balaban J connectivity index is 1.38. The highest BCUT2D eigenvalue weighted by molar-refractivity contribution is 5.61. The third-order valence-corrected chi connectivity index (χ3v) is 17.9. The first-order valence-electron chi connectivity index (χ1n) is 28.4. The van der Waals surface area contributed by atoms with Crippen LogP contribution in [0.4, 0.5) is 0 Å². The molecule has 0 amide bonds. The van der Waals surface area contributed by atoms with Gasteiger partial charge in [-0.15, -0.1) is 0 Å². The zero-order chi connectivity index (χ0) is 55.0. The fraction of sp³-hybridized carbons (Fsp3) is 0.299. The van der Waals surface area contributed by atoms with Crippen LogP contribution < -0.4 is 0 Å². The monoisotopic (exact) mass is 1010 g/mol. The zero-order valence-corrected chi connectivity index (χ0v) is 49.6. The van der Waals surface area contributed by atoms with E-state index in [2.05, 4.69) is 256 Å². The van der Waals surface area contributed by atoms with E-state index in [9.17, 15) is 0 Å². The van der Waals surface area contributed by atoms with Gasteiger partial charge in [-0.3, -0.25) is 0 Å². The second kappa shape index (κ2) is 22.5. The molecule has 0 N–H and O–H groups in total. The van der Waals surface area contributed by atoms with Crippen LogP contribution in [0.2, 0.25) is 0 Å². The first-order valence-corrected chi connectivity index (χ1v) is 28.4. The van der Waals surface area contributed by atoms with E-state index < -0.39 is 5.41 Å². The quantitative estimate of drug-likeness (QED) is 0.0898. The molecular formula is C77H84. The van der Waals surface area contributed by atoms with Crippen molar-refractivity contribution in [1.82, 2.24) is 0 Å². The minimum atomic E-state index is -0.578. The van der Waals surface area contributed by atoms with Crippen molar-refractivity contribution in [3.63, 3.8) is 0 Å². The summed E-state index contributed by atoms with van der Waals surface area (Å²) in [6, 6.07) is 57.9. The SMILES string of the molecule is Cc1ccc(Cc2cc(C(C)(c3cc(Cc4ccc(C)cc4C)c(C)c(Cc4ccc(C)cc4C)c3)c3cc(Cc4ccc(C)cc4C)c(C)c(Cc4ccc(C)cc4C)c3)cc(Cc3ccc(C)cc3C)c2C)c(C)c1. The molecule has 0 bridgehead atoms. The predicted octanol–water partition coefficient (Wildman–Crippen LogP) is 19.2. The van der Waals surface area contributed by atoms with Crippen LogP contribution in [0.1, 0.15) is 174 Å². The first-order chi connectivity index (χ1) is 36.6. The summed E-state index contributed by atoms with van der Waals surface area (Å²) in [6.07, 6.45) is 5.22. The number of hydrogen-bond acceptors (Lipinski definition) is 0. The molecule has 0 saturated heterocycles. The van der Waals surface area contributed by atoms with Crippen LogP contribution in [0, 0.1) is 104 Å². The molecule has 0 nitrogen and oxygen atoms in total. The van der Waals surface area contributed by atoms with Gasteiger partial charge in [0.15, 0.2) is 0 Å². The Hall–Kier alpha value is -7.02. The number of benzene rings is 9. The Morgan fingerprint density at radius 1 is 0.208 bits per heavy atom.